The second kappa shape index (κ2) is 6.54. The van der Waals surface area contributed by atoms with Crippen LogP contribution in [0.2, 0.25) is 0 Å². The summed E-state index contributed by atoms with van der Waals surface area (Å²) in [5.74, 6) is 0. The summed E-state index contributed by atoms with van der Waals surface area (Å²) in [6.45, 7) is 3.14. The third kappa shape index (κ3) is 4.31. The van der Waals surface area contributed by atoms with Gasteiger partial charge in [0.05, 0.1) is 13.2 Å². The second-order valence-corrected chi connectivity index (χ2v) is 2.32. The number of aliphatic hydroxyl groups is 2. The monoisotopic (exact) mass is 163 g/mol. The molecule has 0 aliphatic carbocycles. The van der Waals surface area contributed by atoms with Crippen molar-refractivity contribution in [2.75, 3.05) is 33.4 Å². The van der Waals surface area contributed by atoms with Crippen LogP contribution >= 0.6 is 0 Å². The Hall–Kier alpha value is -0.160. The highest BCUT2D eigenvalue weighted by Crippen LogP contribution is 1.97. The van der Waals surface area contributed by atoms with E-state index in [1.54, 1.807) is 7.11 Å². The highest BCUT2D eigenvalue weighted by Gasteiger charge is 2.10. The van der Waals surface area contributed by atoms with E-state index in [-0.39, 0.29) is 19.4 Å². The van der Waals surface area contributed by atoms with Gasteiger partial charge < -0.3 is 14.9 Å². The molecule has 0 spiro atoms. The van der Waals surface area contributed by atoms with Gasteiger partial charge in [0, 0.05) is 20.2 Å². The Morgan fingerprint density at radius 2 is 1.73 bits per heavy atom. The van der Waals surface area contributed by atoms with E-state index in [9.17, 15) is 0 Å². The van der Waals surface area contributed by atoms with Crippen molar-refractivity contribution in [2.24, 2.45) is 0 Å². The van der Waals surface area contributed by atoms with Crippen LogP contribution < -0.4 is 0 Å². The number of hydrogen-bond acceptors (Lipinski definition) is 4. The van der Waals surface area contributed by atoms with E-state index in [4.69, 9.17) is 14.9 Å². The Kier molecular flexibility index (Phi) is 6.45. The van der Waals surface area contributed by atoms with Crippen LogP contribution in [0.5, 0.6) is 0 Å². The first-order valence-electron chi connectivity index (χ1n) is 3.74. The van der Waals surface area contributed by atoms with E-state index in [0.717, 1.165) is 0 Å². The number of methoxy groups -OCH3 is 1. The third-order valence-corrected chi connectivity index (χ3v) is 1.63. The van der Waals surface area contributed by atoms with Gasteiger partial charge in [-0.2, -0.15) is 0 Å². The van der Waals surface area contributed by atoms with Crippen LogP contribution in [0.4, 0.5) is 0 Å². The molecule has 0 aromatic heterocycles. The summed E-state index contributed by atoms with van der Waals surface area (Å²) in [7, 11) is 1.60. The maximum atomic E-state index is 8.63. The lowest BCUT2D eigenvalue weighted by atomic mass is 10.4. The average molecular weight is 163 g/mol. The molecular weight excluding hydrogens is 146 g/mol. The van der Waals surface area contributed by atoms with Crippen molar-refractivity contribution in [1.82, 2.24) is 4.90 Å². The van der Waals surface area contributed by atoms with Gasteiger partial charge in [-0.25, -0.2) is 0 Å². The van der Waals surface area contributed by atoms with E-state index in [2.05, 4.69) is 0 Å². The molecule has 0 radical (unpaired) electrons. The molecular formula is C7H17NO3. The summed E-state index contributed by atoms with van der Waals surface area (Å²) >= 11 is 0. The first-order valence-corrected chi connectivity index (χ1v) is 3.74. The highest BCUT2D eigenvalue weighted by atomic mass is 16.5. The number of hydrogen-bond donors (Lipinski definition) is 2. The lowest BCUT2D eigenvalue weighted by molar-refractivity contribution is -0.0322. The predicted octanol–water partition coefficient (Wildman–Crippen LogP) is -0.735. The molecule has 0 aromatic carbocycles. The fourth-order valence-corrected chi connectivity index (χ4v) is 0.881. The van der Waals surface area contributed by atoms with E-state index in [1.807, 2.05) is 11.8 Å². The molecule has 4 nitrogen and oxygen atoms in total. The number of ether oxygens (including phenoxy) is 1. The minimum absolute atomic E-state index is 0.0469. The summed E-state index contributed by atoms with van der Waals surface area (Å²) in [6, 6.07) is 0. The van der Waals surface area contributed by atoms with Gasteiger partial charge in [0.15, 0.2) is 0 Å². The SMILES string of the molecule is COC(C)N(CCO)CCO. The van der Waals surface area contributed by atoms with Gasteiger partial charge in [-0.15, -0.1) is 0 Å². The zero-order valence-electron chi connectivity index (χ0n) is 7.16. The van der Waals surface area contributed by atoms with Crippen LogP contribution in [0.25, 0.3) is 0 Å². The summed E-state index contributed by atoms with van der Waals surface area (Å²) in [5.41, 5.74) is 0. The van der Waals surface area contributed by atoms with Crippen LogP contribution in [-0.4, -0.2) is 54.8 Å². The van der Waals surface area contributed by atoms with Gasteiger partial charge in [-0.1, -0.05) is 0 Å². The summed E-state index contributed by atoms with van der Waals surface area (Å²) < 4.78 is 5.02. The minimum atomic E-state index is -0.0469. The molecule has 0 aliphatic rings. The van der Waals surface area contributed by atoms with Gasteiger partial charge in [0.25, 0.3) is 0 Å². The molecule has 0 bridgehead atoms. The van der Waals surface area contributed by atoms with Gasteiger partial charge in [-0.05, 0) is 6.92 Å². The van der Waals surface area contributed by atoms with E-state index < -0.39 is 0 Å². The molecule has 0 rings (SSSR count). The number of aliphatic hydroxyl groups excluding tert-OH is 2. The maximum absolute atomic E-state index is 8.63. The fourth-order valence-electron chi connectivity index (χ4n) is 0.881. The molecule has 0 amide bonds. The van der Waals surface area contributed by atoms with E-state index in [1.165, 1.54) is 0 Å². The third-order valence-electron chi connectivity index (χ3n) is 1.63. The molecule has 0 saturated carbocycles. The molecule has 1 atom stereocenters. The van der Waals surface area contributed by atoms with Crippen molar-refractivity contribution in [3.8, 4) is 0 Å². The Balaban J connectivity index is 3.66. The second-order valence-electron chi connectivity index (χ2n) is 2.32. The van der Waals surface area contributed by atoms with Crippen LogP contribution in [0.3, 0.4) is 0 Å². The first kappa shape index (κ1) is 10.8. The number of nitrogens with zero attached hydrogens (tertiary/aromatic N) is 1. The molecule has 11 heavy (non-hydrogen) atoms. The predicted molar refractivity (Wildman–Crippen MR) is 42.2 cm³/mol. The highest BCUT2D eigenvalue weighted by molar-refractivity contribution is 4.57. The molecule has 0 saturated heterocycles. The molecule has 1 unspecified atom stereocenters. The fraction of sp³-hybridized carbons (Fsp3) is 1.00. The zero-order valence-corrected chi connectivity index (χ0v) is 7.16. The molecule has 0 fully saturated rings. The van der Waals surface area contributed by atoms with Crippen molar-refractivity contribution in [3.05, 3.63) is 0 Å². The molecule has 2 N–H and O–H groups in total. The molecule has 0 aromatic rings. The van der Waals surface area contributed by atoms with Crippen LogP contribution in [0.1, 0.15) is 6.92 Å². The average Bonchev–Trinajstić information content (AvgIpc) is 2.03. The quantitative estimate of drug-likeness (QED) is 0.507. The Morgan fingerprint density at radius 1 is 1.27 bits per heavy atom. The Morgan fingerprint density at radius 3 is 2.00 bits per heavy atom. The van der Waals surface area contributed by atoms with Crippen LogP contribution in [0, 0.1) is 0 Å². The van der Waals surface area contributed by atoms with E-state index >= 15 is 0 Å². The largest absolute Gasteiger partial charge is 0.395 e. The van der Waals surface area contributed by atoms with Crippen molar-refractivity contribution < 1.29 is 14.9 Å². The van der Waals surface area contributed by atoms with Gasteiger partial charge in [0.1, 0.15) is 6.23 Å². The lowest BCUT2D eigenvalue weighted by Gasteiger charge is -2.25. The van der Waals surface area contributed by atoms with Crippen molar-refractivity contribution in [2.45, 2.75) is 13.2 Å². The van der Waals surface area contributed by atoms with Crippen molar-refractivity contribution in [1.29, 1.82) is 0 Å². The standard InChI is InChI=1S/C7H17NO3/c1-7(11-2)8(3-5-9)4-6-10/h7,9-10H,3-6H2,1-2H3. The molecule has 68 valence electrons. The van der Waals surface area contributed by atoms with Crippen LogP contribution in [-0.2, 0) is 4.74 Å². The summed E-state index contributed by atoms with van der Waals surface area (Å²) in [6.07, 6.45) is -0.0469. The van der Waals surface area contributed by atoms with Gasteiger partial charge in [-0.3, -0.25) is 4.90 Å². The van der Waals surface area contributed by atoms with E-state index in [0.29, 0.717) is 13.1 Å². The zero-order chi connectivity index (χ0) is 8.69. The summed E-state index contributed by atoms with van der Waals surface area (Å²) in [5, 5.41) is 17.3. The number of rotatable bonds is 6. The van der Waals surface area contributed by atoms with Crippen LogP contribution in [0.15, 0.2) is 0 Å². The van der Waals surface area contributed by atoms with Crippen molar-refractivity contribution >= 4 is 0 Å². The van der Waals surface area contributed by atoms with Crippen molar-refractivity contribution in [3.63, 3.8) is 0 Å². The summed E-state index contributed by atoms with van der Waals surface area (Å²) in [4.78, 5) is 1.86. The lowest BCUT2D eigenvalue weighted by Crippen LogP contribution is -2.38. The minimum Gasteiger partial charge on any atom is -0.395 e. The molecule has 0 heterocycles. The van der Waals surface area contributed by atoms with Gasteiger partial charge in [0.2, 0.25) is 0 Å². The topological polar surface area (TPSA) is 52.9 Å². The van der Waals surface area contributed by atoms with Gasteiger partial charge >= 0.3 is 0 Å². The smallest absolute Gasteiger partial charge is 0.107 e. The normalized spacial score (nSPS) is 13.9. The Bertz CT molecular complexity index is 83.8. The maximum Gasteiger partial charge on any atom is 0.107 e. The molecule has 0 aliphatic heterocycles. The Labute approximate surface area is 67.4 Å². The first-order chi connectivity index (χ1) is 5.26. The molecule has 4 heteroatoms.